The summed E-state index contributed by atoms with van der Waals surface area (Å²) < 4.78 is 11.0. The van der Waals surface area contributed by atoms with E-state index in [1.807, 2.05) is 18.2 Å². The monoisotopic (exact) mass is 285 g/mol. The number of nitrogens with two attached hydrogens (primary N) is 1. The van der Waals surface area contributed by atoms with Crippen molar-refractivity contribution >= 4 is 27.6 Å². The van der Waals surface area contributed by atoms with Crippen LogP contribution in [0.3, 0.4) is 0 Å². The van der Waals surface area contributed by atoms with Gasteiger partial charge in [-0.3, -0.25) is 0 Å². The van der Waals surface area contributed by atoms with Gasteiger partial charge in [0.05, 0.1) is 24.9 Å². The van der Waals surface area contributed by atoms with E-state index in [2.05, 4.69) is 16.9 Å². The Bertz CT molecular complexity index is 780. The SMILES string of the molecule is CCCOc1ccc2[nH]c3cnc(N)c(COC)c3c2c1. The Morgan fingerprint density at radius 2 is 2.14 bits per heavy atom. The summed E-state index contributed by atoms with van der Waals surface area (Å²) in [6.07, 6.45) is 2.74. The third-order valence-corrected chi connectivity index (χ3v) is 3.50. The number of ether oxygens (including phenoxy) is 2. The van der Waals surface area contributed by atoms with Crippen LogP contribution in [0.5, 0.6) is 5.75 Å². The molecule has 0 aliphatic heterocycles. The molecule has 0 unspecified atom stereocenters. The molecule has 0 spiro atoms. The highest BCUT2D eigenvalue weighted by atomic mass is 16.5. The molecule has 0 saturated carbocycles. The largest absolute Gasteiger partial charge is 0.494 e. The zero-order valence-electron chi connectivity index (χ0n) is 12.3. The zero-order valence-corrected chi connectivity index (χ0v) is 12.3. The highest BCUT2D eigenvalue weighted by Gasteiger charge is 2.13. The number of nitrogens with one attached hydrogen (secondary N) is 1. The fourth-order valence-corrected chi connectivity index (χ4v) is 2.55. The molecule has 0 aliphatic carbocycles. The van der Waals surface area contributed by atoms with Crippen molar-refractivity contribution in [3.8, 4) is 5.75 Å². The van der Waals surface area contributed by atoms with Crippen LogP contribution < -0.4 is 10.5 Å². The first-order valence-electron chi connectivity index (χ1n) is 7.05. The van der Waals surface area contributed by atoms with E-state index in [-0.39, 0.29) is 0 Å². The predicted molar refractivity (Wildman–Crippen MR) is 84.5 cm³/mol. The van der Waals surface area contributed by atoms with Crippen LogP contribution in [0.4, 0.5) is 5.82 Å². The fraction of sp³-hybridized carbons (Fsp3) is 0.312. The average molecular weight is 285 g/mol. The van der Waals surface area contributed by atoms with Crippen molar-refractivity contribution in [3.63, 3.8) is 0 Å². The molecule has 0 bridgehead atoms. The lowest BCUT2D eigenvalue weighted by atomic mass is 10.1. The lowest BCUT2D eigenvalue weighted by Gasteiger charge is -2.07. The van der Waals surface area contributed by atoms with Crippen molar-refractivity contribution in [1.29, 1.82) is 0 Å². The molecular formula is C16H19N3O2. The van der Waals surface area contributed by atoms with Crippen LogP contribution >= 0.6 is 0 Å². The zero-order chi connectivity index (χ0) is 14.8. The van der Waals surface area contributed by atoms with Crippen molar-refractivity contribution in [2.24, 2.45) is 0 Å². The first-order chi connectivity index (χ1) is 10.2. The van der Waals surface area contributed by atoms with Crippen LogP contribution in [-0.2, 0) is 11.3 Å². The molecule has 3 rings (SSSR count). The Balaban J connectivity index is 2.23. The Kier molecular flexibility index (Phi) is 3.66. The number of aromatic amines is 1. The normalized spacial score (nSPS) is 11.3. The maximum Gasteiger partial charge on any atom is 0.129 e. The van der Waals surface area contributed by atoms with Gasteiger partial charge in [0.1, 0.15) is 11.6 Å². The van der Waals surface area contributed by atoms with E-state index in [0.717, 1.165) is 39.5 Å². The minimum Gasteiger partial charge on any atom is -0.494 e. The number of aromatic nitrogens is 2. The van der Waals surface area contributed by atoms with E-state index >= 15 is 0 Å². The minimum atomic E-state index is 0.434. The van der Waals surface area contributed by atoms with Crippen LogP contribution in [0.25, 0.3) is 21.8 Å². The molecule has 0 saturated heterocycles. The number of rotatable bonds is 5. The van der Waals surface area contributed by atoms with Gasteiger partial charge < -0.3 is 20.2 Å². The summed E-state index contributed by atoms with van der Waals surface area (Å²) in [4.78, 5) is 7.59. The quantitative estimate of drug-likeness (QED) is 0.754. The topological polar surface area (TPSA) is 73.2 Å². The van der Waals surface area contributed by atoms with Gasteiger partial charge in [0.15, 0.2) is 0 Å². The molecule has 2 heterocycles. The van der Waals surface area contributed by atoms with Crippen molar-refractivity contribution in [1.82, 2.24) is 9.97 Å². The molecule has 0 fully saturated rings. The first kappa shape index (κ1) is 13.7. The third-order valence-electron chi connectivity index (χ3n) is 3.50. The number of H-pyrrole nitrogens is 1. The number of pyridine rings is 1. The van der Waals surface area contributed by atoms with Gasteiger partial charge in [-0.2, -0.15) is 0 Å². The summed E-state index contributed by atoms with van der Waals surface area (Å²) in [5, 5.41) is 2.14. The van der Waals surface area contributed by atoms with Gasteiger partial charge in [-0.05, 0) is 24.6 Å². The molecule has 3 N–H and O–H groups in total. The average Bonchev–Trinajstić information content (AvgIpc) is 2.86. The van der Waals surface area contributed by atoms with Crippen molar-refractivity contribution in [2.75, 3.05) is 19.5 Å². The summed E-state index contributed by atoms with van der Waals surface area (Å²) >= 11 is 0. The van der Waals surface area contributed by atoms with Crippen molar-refractivity contribution in [2.45, 2.75) is 20.0 Å². The smallest absolute Gasteiger partial charge is 0.129 e. The highest BCUT2D eigenvalue weighted by Crippen LogP contribution is 2.33. The summed E-state index contributed by atoms with van der Waals surface area (Å²) in [5.41, 5.74) is 8.91. The number of hydrogen-bond acceptors (Lipinski definition) is 4. The molecule has 5 nitrogen and oxygen atoms in total. The standard InChI is InChI=1S/C16H19N3O2/c1-3-6-21-10-4-5-13-11(7-10)15-12(9-20-2)16(17)18-8-14(15)19-13/h4-5,7-8,19H,3,6,9H2,1-2H3,(H2,17,18). The van der Waals surface area contributed by atoms with Gasteiger partial charge in [-0.15, -0.1) is 0 Å². The number of hydrogen-bond donors (Lipinski definition) is 2. The Morgan fingerprint density at radius 1 is 1.29 bits per heavy atom. The second-order valence-corrected chi connectivity index (χ2v) is 5.02. The molecule has 2 aromatic heterocycles. The summed E-state index contributed by atoms with van der Waals surface area (Å²) in [6, 6.07) is 6.04. The van der Waals surface area contributed by atoms with Gasteiger partial charge in [0, 0.05) is 29.0 Å². The molecule has 0 aliphatic rings. The molecular weight excluding hydrogens is 266 g/mol. The van der Waals surface area contributed by atoms with Crippen LogP contribution in [0.15, 0.2) is 24.4 Å². The lowest BCUT2D eigenvalue weighted by molar-refractivity contribution is 0.186. The Hall–Kier alpha value is -2.27. The molecule has 0 amide bonds. The molecule has 5 heteroatoms. The fourth-order valence-electron chi connectivity index (χ4n) is 2.55. The van der Waals surface area contributed by atoms with E-state index in [4.69, 9.17) is 15.2 Å². The second kappa shape index (κ2) is 5.61. The molecule has 0 atom stereocenters. The van der Waals surface area contributed by atoms with Gasteiger partial charge >= 0.3 is 0 Å². The first-order valence-corrected chi connectivity index (χ1v) is 7.05. The van der Waals surface area contributed by atoms with Crippen LogP contribution in [-0.4, -0.2) is 23.7 Å². The summed E-state index contributed by atoms with van der Waals surface area (Å²) in [6.45, 7) is 3.24. The molecule has 21 heavy (non-hydrogen) atoms. The predicted octanol–water partition coefficient (Wildman–Crippen LogP) is 3.23. The number of nitrogen functional groups attached to an aromatic ring is 1. The Morgan fingerprint density at radius 3 is 2.90 bits per heavy atom. The van der Waals surface area contributed by atoms with Crippen LogP contribution in [0, 0.1) is 0 Å². The number of benzene rings is 1. The van der Waals surface area contributed by atoms with Crippen molar-refractivity contribution < 1.29 is 9.47 Å². The summed E-state index contributed by atoms with van der Waals surface area (Å²) in [7, 11) is 1.66. The van der Waals surface area contributed by atoms with Gasteiger partial charge in [0.25, 0.3) is 0 Å². The second-order valence-electron chi connectivity index (χ2n) is 5.02. The van der Waals surface area contributed by atoms with Gasteiger partial charge in [-0.25, -0.2) is 4.98 Å². The van der Waals surface area contributed by atoms with Crippen molar-refractivity contribution in [3.05, 3.63) is 30.0 Å². The van der Waals surface area contributed by atoms with E-state index in [1.165, 1.54) is 0 Å². The molecule has 3 aromatic rings. The highest BCUT2D eigenvalue weighted by molar-refractivity contribution is 6.10. The van der Waals surface area contributed by atoms with E-state index < -0.39 is 0 Å². The van der Waals surface area contributed by atoms with Crippen LogP contribution in [0.1, 0.15) is 18.9 Å². The number of fused-ring (bicyclic) bond motifs is 3. The number of anilines is 1. The molecule has 110 valence electrons. The lowest BCUT2D eigenvalue weighted by Crippen LogP contribution is -1.99. The van der Waals surface area contributed by atoms with E-state index in [1.54, 1.807) is 13.3 Å². The van der Waals surface area contributed by atoms with Gasteiger partial charge in [-0.1, -0.05) is 6.92 Å². The maximum atomic E-state index is 6.00. The summed E-state index contributed by atoms with van der Waals surface area (Å²) in [5.74, 6) is 1.37. The van der Waals surface area contributed by atoms with E-state index in [9.17, 15) is 0 Å². The van der Waals surface area contributed by atoms with E-state index in [0.29, 0.717) is 19.0 Å². The van der Waals surface area contributed by atoms with Crippen LogP contribution in [0.2, 0.25) is 0 Å². The Labute approximate surface area is 123 Å². The minimum absolute atomic E-state index is 0.434. The molecule has 0 radical (unpaired) electrons. The number of methoxy groups -OCH3 is 1. The molecule has 1 aromatic carbocycles. The van der Waals surface area contributed by atoms with Gasteiger partial charge in [0.2, 0.25) is 0 Å². The maximum absolute atomic E-state index is 6.00. The number of nitrogens with zero attached hydrogens (tertiary/aromatic N) is 1. The third kappa shape index (κ3) is 2.40.